The lowest BCUT2D eigenvalue weighted by Gasteiger charge is -2.29. The predicted octanol–water partition coefficient (Wildman–Crippen LogP) is 2.01. The van der Waals surface area contributed by atoms with Crippen molar-refractivity contribution in [3.05, 3.63) is 12.7 Å². The highest BCUT2D eigenvalue weighted by Crippen LogP contribution is 2.40. The van der Waals surface area contributed by atoms with Gasteiger partial charge in [-0.3, -0.25) is 4.99 Å². The Hall–Kier alpha value is -0.990. The molecule has 1 N–H and O–H groups in total. The van der Waals surface area contributed by atoms with Gasteiger partial charge in [0.25, 0.3) is 0 Å². The van der Waals surface area contributed by atoms with E-state index in [0.29, 0.717) is 5.41 Å². The maximum Gasteiger partial charge on any atom is 0.193 e. The third kappa shape index (κ3) is 2.39. The van der Waals surface area contributed by atoms with Gasteiger partial charge in [-0.2, -0.15) is 0 Å². The van der Waals surface area contributed by atoms with E-state index in [4.69, 9.17) is 0 Å². The van der Waals surface area contributed by atoms with Crippen molar-refractivity contribution in [2.75, 3.05) is 26.7 Å². The van der Waals surface area contributed by atoms with Crippen molar-refractivity contribution in [2.45, 2.75) is 32.1 Å². The zero-order valence-electron chi connectivity index (χ0n) is 10.3. The summed E-state index contributed by atoms with van der Waals surface area (Å²) in [6.07, 6.45) is 8.63. The maximum atomic E-state index is 4.47. The average molecular weight is 221 g/mol. The van der Waals surface area contributed by atoms with Gasteiger partial charge in [0.1, 0.15) is 0 Å². The normalized spacial score (nSPS) is 23.3. The summed E-state index contributed by atoms with van der Waals surface area (Å²) in [5.41, 5.74) is 0.452. The summed E-state index contributed by atoms with van der Waals surface area (Å²) in [6.45, 7) is 6.94. The fraction of sp³-hybridized carbons (Fsp3) is 0.769. The van der Waals surface area contributed by atoms with Crippen LogP contribution in [-0.4, -0.2) is 37.5 Å². The molecule has 0 bridgehead atoms. The molecule has 1 aliphatic carbocycles. The van der Waals surface area contributed by atoms with Crippen molar-refractivity contribution < 1.29 is 0 Å². The van der Waals surface area contributed by atoms with Crippen LogP contribution in [0.4, 0.5) is 0 Å². The van der Waals surface area contributed by atoms with Crippen LogP contribution >= 0.6 is 0 Å². The fourth-order valence-corrected chi connectivity index (χ4v) is 2.87. The Balaban J connectivity index is 1.89. The van der Waals surface area contributed by atoms with E-state index in [0.717, 1.165) is 32.0 Å². The SMILES string of the molecule is C=CCC1(CNC2=NCCN2C)CCCC1. The van der Waals surface area contributed by atoms with Gasteiger partial charge in [0.05, 0.1) is 6.54 Å². The first-order chi connectivity index (χ1) is 7.76. The third-order valence-electron chi connectivity index (χ3n) is 3.92. The maximum absolute atomic E-state index is 4.47. The van der Waals surface area contributed by atoms with Gasteiger partial charge in [-0.25, -0.2) is 0 Å². The zero-order chi connectivity index (χ0) is 11.4. The molecule has 0 unspecified atom stereocenters. The minimum Gasteiger partial charge on any atom is -0.356 e. The molecule has 90 valence electrons. The molecule has 0 aromatic heterocycles. The van der Waals surface area contributed by atoms with Crippen LogP contribution in [0.25, 0.3) is 0 Å². The summed E-state index contributed by atoms with van der Waals surface area (Å²) in [5.74, 6) is 1.08. The van der Waals surface area contributed by atoms with Gasteiger partial charge in [-0.1, -0.05) is 18.9 Å². The first-order valence-corrected chi connectivity index (χ1v) is 6.36. The average Bonchev–Trinajstić information content (AvgIpc) is 2.86. The lowest BCUT2D eigenvalue weighted by atomic mass is 9.83. The summed E-state index contributed by atoms with van der Waals surface area (Å²) >= 11 is 0. The minimum atomic E-state index is 0.452. The van der Waals surface area contributed by atoms with Crippen LogP contribution in [0, 0.1) is 5.41 Å². The Morgan fingerprint density at radius 1 is 1.50 bits per heavy atom. The molecule has 1 fully saturated rings. The highest BCUT2D eigenvalue weighted by atomic mass is 15.3. The molecule has 16 heavy (non-hydrogen) atoms. The van der Waals surface area contributed by atoms with Crippen molar-refractivity contribution in [3.63, 3.8) is 0 Å². The molecule has 0 radical (unpaired) electrons. The Morgan fingerprint density at radius 2 is 2.25 bits per heavy atom. The number of nitrogens with one attached hydrogen (secondary N) is 1. The number of aliphatic imine (C=N–C) groups is 1. The fourth-order valence-electron chi connectivity index (χ4n) is 2.87. The first kappa shape index (κ1) is 11.5. The monoisotopic (exact) mass is 221 g/mol. The van der Waals surface area contributed by atoms with Gasteiger partial charge in [0, 0.05) is 20.1 Å². The molecule has 3 nitrogen and oxygen atoms in total. The Bertz CT molecular complexity index is 277. The number of hydrogen-bond donors (Lipinski definition) is 1. The second-order valence-electron chi connectivity index (χ2n) is 5.18. The molecule has 0 amide bonds. The molecule has 2 aliphatic rings. The largest absolute Gasteiger partial charge is 0.356 e. The third-order valence-corrected chi connectivity index (χ3v) is 3.92. The van der Waals surface area contributed by atoms with Crippen molar-refractivity contribution in [1.29, 1.82) is 0 Å². The molecule has 0 aromatic carbocycles. The second kappa shape index (κ2) is 4.89. The molecule has 0 atom stereocenters. The number of hydrogen-bond acceptors (Lipinski definition) is 3. The van der Waals surface area contributed by atoms with Crippen molar-refractivity contribution >= 4 is 5.96 Å². The van der Waals surface area contributed by atoms with Gasteiger partial charge in [-0.15, -0.1) is 6.58 Å². The number of nitrogens with zero attached hydrogens (tertiary/aromatic N) is 2. The van der Waals surface area contributed by atoms with Crippen LogP contribution < -0.4 is 5.32 Å². The van der Waals surface area contributed by atoms with E-state index in [1.165, 1.54) is 25.7 Å². The van der Waals surface area contributed by atoms with Gasteiger partial charge < -0.3 is 10.2 Å². The number of guanidine groups is 1. The topological polar surface area (TPSA) is 27.6 Å². The number of allylic oxidation sites excluding steroid dienone is 1. The summed E-state index contributed by atoms with van der Waals surface area (Å²) in [6, 6.07) is 0. The molecule has 1 aliphatic heterocycles. The highest BCUT2D eigenvalue weighted by molar-refractivity contribution is 5.81. The van der Waals surface area contributed by atoms with Crippen LogP contribution in [0.2, 0.25) is 0 Å². The van der Waals surface area contributed by atoms with Crippen LogP contribution in [0.15, 0.2) is 17.6 Å². The molecule has 3 heteroatoms. The summed E-state index contributed by atoms with van der Waals surface area (Å²) in [7, 11) is 2.10. The molecule has 0 aromatic rings. The molecule has 0 saturated heterocycles. The Labute approximate surface area is 98.6 Å². The van der Waals surface area contributed by atoms with Crippen molar-refractivity contribution in [3.8, 4) is 0 Å². The number of likely N-dealkylation sites (N-methyl/N-ethyl adjacent to an activating group) is 1. The Morgan fingerprint density at radius 3 is 2.81 bits per heavy atom. The van der Waals surface area contributed by atoms with E-state index in [-0.39, 0.29) is 0 Å². The second-order valence-corrected chi connectivity index (χ2v) is 5.18. The summed E-state index contributed by atoms with van der Waals surface area (Å²) in [5, 5.41) is 3.53. The molecular formula is C13H23N3. The van der Waals surface area contributed by atoms with E-state index in [9.17, 15) is 0 Å². The minimum absolute atomic E-state index is 0.452. The molecule has 2 rings (SSSR count). The molecule has 1 saturated carbocycles. The van der Waals surface area contributed by atoms with Crippen LogP contribution in [-0.2, 0) is 0 Å². The van der Waals surface area contributed by atoms with Crippen molar-refractivity contribution in [2.24, 2.45) is 10.4 Å². The summed E-state index contributed by atoms with van der Waals surface area (Å²) < 4.78 is 0. The quantitative estimate of drug-likeness (QED) is 0.735. The Kier molecular flexibility index (Phi) is 3.52. The van der Waals surface area contributed by atoms with E-state index in [2.05, 4.69) is 34.9 Å². The standard InChI is InChI=1S/C13H23N3/c1-3-6-13(7-4-5-8-13)11-15-12-14-9-10-16(12)2/h3H,1,4-11H2,2H3,(H,14,15). The smallest absolute Gasteiger partial charge is 0.193 e. The van der Waals surface area contributed by atoms with Crippen molar-refractivity contribution in [1.82, 2.24) is 10.2 Å². The van der Waals surface area contributed by atoms with E-state index < -0.39 is 0 Å². The predicted molar refractivity (Wildman–Crippen MR) is 68.6 cm³/mol. The lowest BCUT2D eigenvalue weighted by Crippen LogP contribution is -2.41. The number of rotatable bonds is 4. The van der Waals surface area contributed by atoms with Gasteiger partial charge >= 0.3 is 0 Å². The highest BCUT2D eigenvalue weighted by Gasteiger charge is 2.33. The molecular weight excluding hydrogens is 198 g/mol. The van der Waals surface area contributed by atoms with Crippen LogP contribution in [0.1, 0.15) is 32.1 Å². The summed E-state index contributed by atoms with van der Waals surface area (Å²) in [4.78, 5) is 6.68. The van der Waals surface area contributed by atoms with Gasteiger partial charge in [0.15, 0.2) is 5.96 Å². The van der Waals surface area contributed by atoms with Gasteiger partial charge in [-0.05, 0) is 24.7 Å². The zero-order valence-corrected chi connectivity index (χ0v) is 10.3. The van der Waals surface area contributed by atoms with Crippen LogP contribution in [0.5, 0.6) is 0 Å². The van der Waals surface area contributed by atoms with Gasteiger partial charge in [0.2, 0.25) is 0 Å². The molecule has 0 spiro atoms. The van der Waals surface area contributed by atoms with Crippen LogP contribution in [0.3, 0.4) is 0 Å². The van der Waals surface area contributed by atoms with E-state index >= 15 is 0 Å². The van der Waals surface area contributed by atoms with E-state index in [1.54, 1.807) is 0 Å². The lowest BCUT2D eigenvalue weighted by molar-refractivity contribution is 0.296. The van der Waals surface area contributed by atoms with E-state index in [1.807, 2.05) is 0 Å². The molecule has 1 heterocycles. The first-order valence-electron chi connectivity index (χ1n) is 6.36.